The van der Waals surface area contributed by atoms with Gasteiger partial charge >= 0.3 is 0 Å². The van der Waals surface area contributed by atoms with E-state index in [1.165, 1.54) is 6.07 Å². The number of rotatable bonds is 6. The molecule has 0 aliphatic heterocycles. The molecule has 0 heterocycles. The Balaban J connectivity index is 1.71. The van der Waals surface area contributed by atoms with Gasteiger partial charge in [0, 0.05) is 30.6 Å². The van der Waals surface area contributed by atoms with Crippen LogP contribution in [0.5, 0.6) is 11.5 Å². The van der Waals surface area contributed by atoms with Gasteiger partial charge in [-0.15, -0.1) is 0 Å². The summed E-state index contributed by atoms with van der Waals surface area (Å²) in [5.41, 5.74) is 7.20. The number of aliphatic hydroxyl groups is 1. The minimum atomic E-state index is -0.913. The number of aliphatic hydroxyl groups excluding tert-OH is 1. The highest BCUT2D eigenvalue weighted by Gasteiger charge is 2.44. The molecule has 1 aliphatic carbocycles. The number of hydrogen-bond donors (Lipinski definition) is 2. The third-order valence-electron chi connectivity index (χ3n) is 4.97. The summed E-state index contributed by atoms with van der Waals surface area (Å²) in [6, 6.07) is 9.99. The maximum atomic E-state index is 13.9. The zero-order chi connectivity index (χ0) is 19.6. The molecule has 3 N–H and O–H groups in total. The Bertz CT molecular complexity index is 790. The van der Waals surface area contributed by atoms with Crippen molar-refractivity contribution in [2.45, 2.75) is 37.3 Å². The molecule has 1 fully saturated rings. The Kier molecular flexibility index (Phi) is 5.94. The lowest BCUT2D eigenvalue weighted by molar-refractivity contribution is 0.0122. The third-order valence-corrected chi connectivity index (χ3v) is 4.97. The number of methoxy groups -OCH3 is 1. The van der Waals surface area contributed by atoms with Crippen molar-refractivity contribution < 1.29 is 23.4 Å². The molecule has 27 heavy (non-hydrogen) atoms. The van der Waals surface area contributed by atoms with Gasteiger partial charge in [-0.05, 0) is 25.2 Å². The van der Waals surface area contributed by atoms with Gasteiger partial charge in [-0.3, -0.25) is 4.90 Å². The van der Waals surface area contributed by atoms with Crippen molar-refractivity contribution in [1.82, 2.24) is 4.90 Å². The van der Waals surface area contributed by atoms with Crippen molar-refractivity contribution in [2.24, 2.45) is 5.73 Å². The first kappa shape index (κ1) is 19.5. The second-order valence-electron chi connectivity index (χ2n) is 6.84. The zero-order valence-electron chi connectivity index (χ0n) is 15.3. The predicted octanol–water partition coefficient (Wildman–Crippen LogP) is 2.31. The van der Waals surface area contributed by atoms with Crippen LogP contribution in [0.4, 0.5) is 8.78 Å². The lowest BCUT2D eigenvalue weighted by Crippen LogP contribution is -2.48. The SMILES string of the molecule is COc1ccccc1CN(C)[C@@H]1[C@@H](O)[C@H](Oc2ccc(F)cc2F)C[C@H]1N. The first-order valence-electron chi connectivity index (χ1n) is 8.78. The summed E-state index contributed by atoms with van der Waals surface area (Å²) >= 11 is 0. The number of benzene rings is 2. The minimum Gasteiger partial charge on any atom is -0.496 e. The molecule has 0 spiro atoms. The van der Waals surface area contributed by atoms with E-state index in [2.05, 4.69) is 0 Å². The molecule has 0 amide bonds. The number of nitrogens with zero attached hydrogens (tertiary/aromatic N) is 1. The summed E-state index contributed by atoms with van der Waals surface area (Å²) in [4.78, 5) is 1.94. The number of likely N-dealkylation sites (N-methyl/N-ethyl adjacent to an activating group) is 1. The number of ether oxygens (including phenoxy) is 2. The van der Waals surface area contributed by atoms with Crippen LogP contribution in [0, 0.1) is 11.6 Å². The highest BCUT2D eigenvalue weighted by Crippen LogP contribution is 2.30. The largest absolute Gasteiger partial charge is 0.496 e. The Morgan fingerprint density at radius 2 is 1.93 bits per heavy atom. The summed E-state index contributed by atoms with van der Waals surface area (Å²) < 4.78 is 37.9. The van der Waals surface area contributed by atoms with E-state index >= 15 is 0 Å². The number of nitrogens with two attached hydrogens (primary N) is 1. The van der Waals surface area contributed by atoms with Crippen LogP contribution in [-0.2, 0) is 6.54 Å². The molecule has 2 aromatic carbocycles. The van der Waals surface area contributed by atoms with E-state index in [0.717, 1.165) is 23.4 Å². The van der Waals surface area contributed by atoms with Crippen molar-refractivity contribution in [3.63, 3.8) is 0 Å². The van der Waals surface area contributed by atoms with Crippen LogP contribution in [-0.4, -0.2) is 48.5 Å². The monoisotopic (exact) mass is 378 g/mol. The van der Waals surface area contributed by atoms with Crippen molar-refractivity contribution >= 4 is 0 Å². The van der Waals surface area contributed by atoms with Gasteiger partial charge < -0.3 is 20.3 Å². The molecule has 0 radical (unpaired) electrons. The second-order valence-corrected chi connectivity index (χ2v) is 6.84. The Labute approximate surface area is 157 Å². The molecule has 7 heteroatoms. The summed E-state index contributed by atoms with van der Waals surface area (Å²) in [5, 5.41) is 10.7. The average Bonchev–Trinajstić information content (AvgIpc) is 2.91. The first-order valence-corrected chi connectivity index (χ1v) is 8.78. The molecule has 2 aromatic rings. The van der Waals surface area contributed by atoms with Gasteiger partial charge in [-0.25, -0.2) is 8.78 Å². The van der Waals surface area contributed by atoms with Crippen LogP contribution < -0.4 is 15.2 Å². The lowest BCUT2D eigenvalue weighted by atomic mass is 10.1. The lowest BCUT2D eigenvalue weighted by Gasteiger charge is -2.31. The van der Waals surface area contributed by atoms with E-state index in [4.69, 9.17) is 15.2 Å². The molecule has 0 saturated heterocycles. The average molecular weight is 378 g/mol. The van der Waals surface area contributed by atoms with Crippen molar-refractivity contribution in [1.29, 1.82) is 0 Å². The van der Waals surface area contributed by atoms with Crippen LogP contribution in [0.2, 0.25) is 0 Å². The molecule has 5 nitrogen and oxygen atoms in total. The van der Waals surface area contributed by atoms with Gasteiger partial charge in [0.05, 0.1) is 13.2 Å². The van der Waals surface area contributed by atoms with Crippen molar-refractivity contribution in [3.8, 4) is 11.5 Å². The van der Waals surface area contributed by atoms with E-state index in [1.807, 2.05) is 36.2 Å². The molecular weight excluding hydrogens is 354 g/mol. The molecule has 3 rings (SSSR count). The van der Waals surface area contributed by atoms with E-state index in [-0.39, 0.29) is 17.8 Å². The van der Waals surface area contributed by atoms with Gasteiger partial charge in [0.1, 0.15) is 23.8 Å². The van der Waals surface area contributed by atoms with Gasteiger partial charge in [-0.1, -0.05) is 18.2 Å². The molecule has 0 unspecified atom stereocenters. The highest BCUT2D eigenvalue weighted by atomic mass is 19.1. The topological polar surface area (TPSA) is 68.0 Å². The molecule has 4 atom stereocenters. The van der Waals surface area contributed by atoms with Crippen LogP contribution in [0.15, 0.2) is 42.5 Å². The third kappa shape index (κ3) is 4.21. The quantitative estimate of drug-likeness (QED) is 0.808. The van der Waals surface area contributed by atoms with Crippen LogP contribution in [0.25, 0.3) is 0 Å². The van der Waals surface area contributed by atoms with Crippen LogP contribution in [0.3, 0.4) is 0 Å². The smallest absolute Gasteiger partial charge is 0.167 e. The number of halogens is 2. The van der Waals surface area contributed by atoms with Gasteiger partial charge in [0.2, 0.25) is 0 Å². The maximum Gasteiger partial charge on any atom is 0.167 e. The highest BCUT2D eigenvalue weighted by molar-refractivity contribution is 5.33. The Morgan fingerprint density at radius 1 is 1.19 bits per heavy atom. The predicted molar refractivity (Wildman–Crippen MR) is 97.6 cm³/mol. The van der Waals surface area contributed by atoms with Crippen LogP contribution in [0.1, 0.15) is 12.0 Å². The van der Waals surface area contributed by atoms with E-state index in [9.17, 15) is 13.9 Å². The van der Waals surface area contributed by atoms with E-state index in [0.29, 0.717) is 13.0 Å². The number of hydrogen-bond acceptors (Lipinski definition) is 5. The van der Waals surface area contributed by atoms with Crippen molar-refractivity contribution in [3.05, 3.63) is 59.7 Å². The first-order chi connectivity index (χ1) is 12.9. The summed E-state index contributed by atoms with van der Waals surface area (Å²) in [6.07, 6.45) is -1.23. The molecule has 0 aromatic heterocycles. The Morgan fingerprint density at radius 3 is 2.63 bits per heavy atom. The molecule has 1 aliphatic rings. The fourth-order valence-electron chi connectivity index (χ4n) is 3.67. The normalized spacial score (nSPS) is 25.0. The maximum absolute atomic E-state index is 13.9. The number of para-hydroxylation sites is 1. The van der Waals surface area contributed by atoms with Crippen molar-refractivity contribution in [2.75, 3.05) is 14.2 Å². The van der Waals surface area contributed by atoms with Gasteiger partial charge in [0.25, 0.3) is 0 Å². The molecule has 1 saturated carbocycles. The fraction of sp³-hybridized carbons (Fsp3) is 0.400. The molecule has 0 bridgehead atoms. The molecule has 146 valence electrons. The van der Waals surface area contributed by atoms with Gasteiger partial charge in [0.15, 0.2) is 11.6 Å². The Hall–Kier alpha value is -2.22. The molecular formula is C20H24F2N2O3. The fourth-order valence-corrected chi connectivity index (χ4v) is 3.67. The summed E-state index contributed by atoms with van der Waals surface area (Å²) in [6.45, 7) is 0.525. The standard InChI is InChI=1S/C20H24F2N2O3/c1-24(11-12-5-3-4-6-16(12)26-2)19-15(23)10-18(20(19)25)27-17-8-7-13(21)9-14(17)22/h3-9,15,18-20,25H,10-11,23H2,1-2H3/t15-,18-,19+,20+/m1/s1. The summed E-state index contributed by atoms with van der Waals surface area (Å²) in [5.74, 6) is -0.827. The minimum absolute atomic E-state index is 0.0966. The van der Waals surface area contributed by atoms with E-state index in [1.54, 1.807) is 7.11 Å². The van der Waals surface area contributed by atoms with Gasteiger partial charge in [-0.2, -0.15) is 0 Å². The van der Waals surface area contributed by atoms with Crippen LogP contribution >= 0.6 is 0 Å². The van der Waals surface area contributed by atoms with E-state index < -0.39 is 23.8 Å². The zero-order valence-corrected chi connectivity index (χ0v) is 15.3. The summed E-state index contributed by atoms with van der Waals surface area (Å²) in [7, 11) is 3.47. The second kappa shape index (κ2) is 8.21.